The van der Waals surface area contributed by atoms with Crippen LogP contribution in [0.1, 0.15) is 43.9 Å². The topological polar surface area (TPSA) is 55.6 Å². The molecule has 20 heavy (non-hydrogen) atoms. The van der Waals surface area contributed by atoms with Crippen LogP contribution in [0.2, 0.25) is 0 Å². The summed E-state index contributed by atoms with van der Waals surface area (Å²) >= 11 is 1.69. The van der Waals surface area contributed by atoms with E-state index in [9.17, 15) is 0 Å². The van der Waals surface area contributed by atoms with Gasteiger partial charge in [0.25, 0.3) is 0 Å². The molecular formula is C14H23N5S. The maximum atomic E-state index is 4.42. The van der Waals surface area contributed by atoms with Crippen LogP contribution in [0.4, 0.5) is 0 Å². The third-order valence-electron chi connectivity index (χ3n) is 3.06. The monoisotopic (exact) mass is 293 g/mol. The van der Waals surface area contributed by atoms with Crippen molar-refractivity contribution in [3.05, 3.63) is 28.7 Å². The molecule has 0 spiro atoms. The fraction of sp³-hybridized carbons (Fsp3) is 0.643. The van der Waals surface area contributed by atoms with Crippen LogP contribution in [0.25, 0.3) is 0 Å². The quantitative estimate of drug-likeness (QED) is 0.813. The van der Waals surface area contributed by atoms with Gasteiger partial charge in [0.15, 0.2) is 0 Å². The molecular weight excluding hydrogens is 270 g/mol. The minimum Gasteiger partial charge on any atom is -0.309 e. The first-order valence-electron chi connectivity index (χ1n) is 7.19. The van der Waals surface area contributed by atoms with E-state index in [1.807, 2.05) is 16.4 Å². The molecule has 2 rings (SSSR count). The lowest BCUT2D eigenvalue weighted by Gasteiger charge is -2.17. The van der Waals surface area contributed by atoms with Crippen LogP contribution in [0.15, 0.2) is 18.0 Å². The Bertz CT molecular complexity index is 491. The van der Waals surface area contributed by atoms with E-state index in [1.54, 1.807) is 17.7 Å². The van der Waals surface area contributed by atoms with Crippen molar-refractivity contribution in [2.75, 3.05) is 6.54 Å². The van der Waals surface area contributed by atoms with Crippen LogP contribution in [-0.2, 0) is 13.0 Å². The summed E-state index contributed by atoms with van der Waals surface area (Å²) in [7, 11) is 0. The molecule has 1 unspecified atom stereocenters. The number of hydrogen-bond acceptors (Lipinski definition) is 5. The lowest BCUT2D eigenvalue weighted by Crippen LogP contribution is -2.25. The van der Waals surface area contributed by atoms with Crippen LogP contribution in [-0.4, -0.2) is 26.3 Å². The highest BCUT2D eigenvalue weighted by molar-refractivity contribution is 7.09. The zero-order chi connectivity index (χ0) is 14.4. The third kappa shape index (κ3) is 4.11. The summed E-state index contributed by atoms with van der Waals surface area (Å²) in [6.45, 7) is 8.49. The van der Waals surface area contributed by atoms with Crippen molar-refractivity contribution in [1.29, 1.82) is 0 Å². The van der Waals surface area contributed by atoms with Crippen molar-refractivity contribution in [2.45, 2.75) is 46.2 Å². The fourth-order valence-corrected chi connectivity index (χ4v) is 2.81. The van der Waals surface area contributed by atoms with Gasteiger partial charge in [-0.05, 0) is 18.9 Å². The van der Waals surface area contributed by atoms with Crippen molar-refractivity contribution in [3.8, 4) is 0 Å². The molecule has 110 valence electrons. The smallest absolute Gasteiger partial charge is 0.138 e. The molecule has 0 bridgehead atoms. The maximum Gasteiger partial charge on any atom is 0.138 e. The molecule has 0 aliphatic carbocycles. The molecule has 0 radical (unpaired) electrons. The summed E-state index contributed by atoms with van der Waals surface area (Å²) < 4.78 is 2.02. The van der Waals surface area contributed by atoms with Gasteiger partial charge >= 0.3 is 0 Å². The molecule has 0 aliphatic rings. The van der Waals surface area contributed by atoms with Crippen LogP contribution in [0.3, 0.4) is 0 Å². The van der Waals surface area contributed by atoms with Gasteiger partial charge in [0.05, 0.1) is 11.6 Å². The van der Waals surface area contributed by atoms with Crippen LogP contribution < -0.4 is 5.32 Å². The summed E-state index contributed by atoms with van der Waals surface area (Å²) in [6, 6.07) is 0.276. The van der Waals surface area contributed by atoms with E-state index >= 15 is 0 Å². The van der Waals surface area contributed by atoms with E-state index in [0.29, 0.717) is 5.92 Å². The number of hydrogen-bond donors (Lipinski definition) is 1. The highest BCUT2D eigenvalue weighted by atomic mass is 32.1. The molecule has 5 nitrogen and oxygen atoms in total. The van der Waals surface area contributed by atoms with Crippen LogP contribution >= 0.6 is 11.3 Å². The predicted molar refractivity (Wildman–Crippen MR) is 81.7 cm³/mol. The number of nitrogens with one attached hydrogen (secondary N) is 1. The molecule has 0 saturated heterocycles. The molecule has 0 aliphatic heterocycles. The molecule has 2 heterocycles. The van der Waals surface area contributed by atoms with Crippen LogP contribution in [0.5, 0.6) is 0 Å². The first-order valence-corrected chi connectivity index (χ1v) is 8.07. The maximum absolute atomic E-state index is 4.42. The minimum absolute atomic E-state index is 0.276. The molecule has 2 aromatic rings. The van der Waals surface area contributed by atoms with E-state index in [1.165, 1.54) is 4.88 Å². The second kappa shape index (κ2) is 7.50. The Morgan fingerprint density at radius 2 is 2.25 bits per heavy atom. The zero-order valence-electron chi connectivity index (χ0n) is 12.4. The lowest BCUT2D eigenvalue weighted by molar-refractivity contribution is 0.445. The van der Waals surface area contributed by atoms with Gasteiger partial charge in [-0.15, -0.1) is 11.3 Å². The Morgan fingerprint density at radius 1 is 1.40 bits per heavy atom. The van der Waals surface area contributed by atoms with E-state index in [-0.39, 0.29) is 6.04 Å². The minimum atomic E-state index is 0.276. The number of nitrogens with zero attached hydrogens (tertiary/aromatic N) is 4. The molecule has 1 atom stereocenters. The van der Waals surface area contributed by atoms with E-state index < -0.39 is 0 Å². The van der Waals surface area contributed by atoms with Gasteiger partial charge in [0, 0.05) is 24.0 Å². The Kier molecular flexibility index (Phi) is 5.67. The van der Waals surface area contributed by atoms with E-state index in [4.69, 9.17) is 0 Å². The molecule has 0 amide bonds. The summed E-state index contributed by atoms with van der Waals surface area (Å²) in [5.74, 6) is 1.61. The van der Waals surface area contributed by atoms with Gasteiger partial charge in [0.1, 0.15) is 12.2 Å². The molecule has 6 heteroatoms. The van der Waals surface area contributed by atoms with Crippen LogP contribution in [0, 0.1) is 5.92 Å². The molecule has 0 aromatic carbocycles. The number of rotatable bonds is 8. The van der Waals surface area contributed by atoms with Crippen molar-refractivity contribution in [3.63, 3.8) is 0 Å². The number of aromatic nitrogens is 4. The predicted octanol–water partition coefficient (Wildman–Crippen LogP) is 2.67. The second-order valence-corrected chi connectivity index (χ2v) is 6.28. The molecule has 0 saturated carbocycles. The van der Waals surface area contributed by atoms with E-state index in [0.717, 1.165) is 31.8 Å². The molecule has 1 N–H and O–H groups in total. The Morgan fingerprint density at radius 3 is 2.90 bits per heavy atom. The average Bonchev–Trinajstić information content (AvgIpc) is 3.05. The SMILES string of the molecule is CCCNC(Cc1ncnn1CC(C)C)c1cncs1. The van der Waals surface area contributed by atoms with Crippen molar-refractivity contribution >= 4 is 11.3 Å². The van der Waals surface area contributed by atoms with Gasteiger partial charge in [-0.2, -0.15) is 5.10 Å². The Hall–Kier alpha value is -1.27. The Labute approximate surface area is 124 Å². The average molecular weight is 293 g/mol. The van der Waals surface area contributed by atoms with Crippen molar-refractivity contribution in [1.82, 2.24) is 25.1 Å². The van der Waals surface area contributed by atoms with Crippen molar-refractivity contribution in [2.24, 2.45) is 5.92 Å². The second-order valence-electron chi connectivity index (χ2n) is 5.37. The highest BCUT2D eigenvalue weighted by Crippen LogP contribution is 2.21. The summed E-state index contributed by atoms with van der Waals surface area (Å²) in [6.07, 6.45) is 5.57. The van der Waals surface area contributed by atoms with Gasteiger partial charge in [-0.3, -0.25) is 4.98 Å². The first kappa shape index (κ1) is 15.1. The van der Waals surface area contributed by atoms with Gasteiger partial charge < -0.3 is 5.32 Å². The summed E-state index contributed by atoms with van der Waals surface area (Å²) in [5, 5.41) is 7.92. The highest BCUT2D eigenvalue weighted by Gasteiger charge is 2.17. The zero-order valence-corrected chi connectivity index (χ0v) is 13.2. The summed E-state index contributed by atoms with van der Waals surface area (Å²) in [4.78, 5) is 9.87. The van der Waals surface area contributed by atoms with Crippen molar-refractivity contribution < 1.29 is 0 Å². The fourth-order valence-electron chi connectivity index (χ4n) is 2.12. The van der Waals surface area contributed by atoms with Gasteiger partial charge in [0.2, 0.25) is 0 Å². The molecule has 2 aromatic heterocycles. The lowest BCUT2D eigenvalue weighted by atomic mass is 10.1. The molecule has 0 fully saturated rings. The summed E-state index contributed by atoms with van der Waals surface area (Å²) in [5.41, 5.74) is 1.88. The third-order valence-corrected chi connectivity index (χ3v) is 3.95. The first-order chi connectivity index (χ1) is 9.70. The Balaban J connectivity index is 2.09. The van der Waals surface area contributed by atoms with Gasteiger partial charge in [-0.1, -0.05) is 20.8 Å². The normalized spacial score (nSPS) is 13.0. The van der Waals surface area contributed by atoms with E-state index in [2.05, 4.69) is 41.2 Å². The standard InChI is InChI=1S/C14H23N5S/c1-4-5-16-12(13-7-15-10-20-13)6-14-17-9-18-19(14)8-11(2)3/h7,9-12,16H,4-6,8H2,1-3H3. The van der Waals surface area contributed by atoms with Gasteiger partial charge in [-0.25, -0.2) is 9.67 Å². The largest absolute Gasteiger partial charge is 0.309 e. The number of thiazole rings is 1.